The Bertz CT molecular complexity index is 573. The van der Waals surface area contributed by atoms with E-state index in [2.05, 4.69) is 19.7 Å². The van der Waals surface area contributed by atoms with Gasteiger partial charge in [-0.05, 0) is 19.1 Å². The molecule has 0 unspecified atom stereocenters. The number of ether oxygens (including phenoxy) is 1. The highest BCUT2D eigenvalue weighted by atomic mass is 32.1. The van der Waals surface area contributed by atoms with Gasteiger partial charge in [0.15, 0.2) is 0 Å². The molecule has 0 aliphatic heterocycles. The number of pyridine rings is 1. The van der Waals surface area contributed by atoms with Gasteiger partial charge in [0.25, 0.3) is 0 Å². The van der Waals surface area contributed by atoms with Crippen molar-refractivity contribution in [3.05, 3.63) is 29.7 Å². The van der Waals surface area contributed by atoms with Gasteiger partial charge in [0, 0.05) is 17.7 Å². The second-order valence-electron chi connectivity index (χ2n) is 3.78. The minimum absolute atomic E-state index is 0.0404. The van der Waals surface area contributed by atoms with Gasteiger partial charge in [-0.2, -0.15) is 17.5 Å². The SMILES string of the molecule is Cc1nsc(NCCOc2ncccc2C(F)(F)F)n1. The molecule has 20 heavy (non-hydrogen) atoms. The summed E-state index contributed by atoms with van der Waals surface area (Å²) in [4.78, 5) is 7.66. The van der Waals surface area contributed by atoms with Crippen LogP contribution < -0.4 is 10.1 Å². The fourth-order valence-electron chi connectivity index (χ4n) is 1.40. The maximum atomic E-state index is 12.7. The topological polar surface area (TPSA) is 59.9 Å². The first-order chi connectivity index (χ1) is 9.47. The van der Waals surface area contributed by atoms with Crippen molar-refractivity contribution in [1.29, 1.82) is 0 Å². The lowest BCUT2D eigenvalue weighted by molar-refractivity contribution is -0.139. The first kappa shape index (κ1) is 14.5. The molecule has 0 aliphatic carbocycles. The maximum absolute atomic E-state index is 12.7. The van der Waals surface area contributed by atoms with Gasteiger partial charge in [0.05, 0.1) is 6.54 Å². The molecule has 2 heterocycles. The summed E-state index contributed by atoms with van der Waals surface area (Å²) in [6.45, 7) is 2.10. The smallest absolute Gasteiger partial charge is 0.421 e. The van der Waals surface area contributed by atoms with Gasteiger partial charge < -0.3 is 10.1 Å². The van der Waals surface area contributed by atoms with Crippen LogP contribution in [-0.4, -0.2) is 27.5 Å². The van der Waals surface area contributed by atoms with E-state index in [0.717, 1.165) is 6.07 Å². The summed E-state index contributed by atoms with van der Waals surface area (Å²) in [7, 11) is 0. The number of aryl methyl sites for hydroxylation is 1. The zero-order valence-electron chi connectivity index (χ0n) is 10.4. The van der Waals surface area contributed by atoms with Crippen LogP contribution in [0.25, 0.3) is 0 Å². The summed E-state index contributed by atoms with van der Waals surface area (Å²) in [5.74, 6) is 0.220. The zero-order chi connectivity index (χ0) is 14.6. The molecule has 0 bridgehead atoms. The molecule has 2 rings (SSSR count). The number of aromatic nitrogens is 3. The molecule has 0 aliphatic rings. The molecule has 0 amide bonds. The van der Waals surface area contributed by atoms with Crippen LogP contribution >= 0.6 is 11.5 Å². The Morgan fingerprint density at radius 3 is 2.85 bits per heavy atom. The molecule has 0 saturated heterocycles. The molecule has 9 heteroatoms. The third kappa shape index (κ3) is 3.80. The predicted octanol–water partition coefficient (Wildman–Crippen LogP) is 2.75. The molecular weight excluding hydrogens is 293 g/mol. The number of hydrogen-bond acceptors (Lipinski definition) is 6. The van der Waals surface area contributed by atoms with E-state index in [1.165, 1.54) is 23.8 Å². The predicted molar refractivity (Wildman–Crippen MR) is 67.9 cm³/mol. The summed E-state index contributed by atoms with van der Waals surface area (Å²) >= 11 is 1.18. The molecule has 1 N–H and O–H groups in total. The maximum Gasteiger partial charge on any atom is 0.421 e. The van der Waals surface area contributed by atoms with E-state index in [-0.39, 0.29) is 6.61 Å². The van der Waals surface area contributed by atoms with Crippen molar-refractivity contribution in [1.82, 2.24) is 14.3 Å². The summed E-state index contributed by atoms with van der Waals surface area (Å²) in [5.41, 5.74) is -0.883. The van der Waals surface area contributed by atoms with Crippen LogP contribution in [0.2, 0.25) is 0 Å². The number of rotatable bonds is 5. The van der Waals surface area contributed by atoms with E-state index in [0.29, 0.717) is 17.5 Å². The van der Waals surface area contributed by atoms with Crippen molar-refractivity contribution in [3.63, 3.8) is 0 Å². The van der Waals surface area contributed by atoms with E-state index in [1.807, 2.05) is 0 Å². The molecule has 0 fully saturated rings. The Kier molecular flexibility index (Phi) is 4.38. The van der Waals surface area contributed by atoms with Gasteiger partial charge in [0.2, 0.25) is 11.0 Å². The number of hydrogen-bond donors (Lipinski definition) is 1. The Morgan fingerprint density at radius 1 is 1.40 bits per heavy atom. The van der Waals surface area contributed by atoms with Crippen LogP contribution in [0, 0.1) is 6.92 Å². The van der Waals surface area contributed by atoms with Crippen LogP contribution in [0.15, 0.2) is 18.3 Å². The Labute approximate surface area is 117 Å². The number of halogens is 3. The van der Waals surface area contributed by atoms with E-state index in [1.54, 1.807) is 6.92 Å². The van der Waals surface area contributed by atoms with Gasteiger partial charge in [-0.25, -0.2) is 9.97 Å². The van der Waals surface area contributed by atoms with Crippen molar-refractivity contribution in [2.45, 2.75) is 13.1 Å². The van der Waals surface area contributed by atoms with Gasteiger partial charge in [-0.15, -0.1) is 0 Å². The largest absolute Gasteiger partial charge is 0.475 e. The number of anilines is 1. The lowest BCUT2D eigenvalue weighted by Gasteiger charge is -2.12. The van der Waals surface area contributed by atoms with E-state index >= 15 is 0 Å². The minimum Gasteiger partial charge on any atom is -0.475 e. The molecule has 0 atom stereocenters. The van der Waals surface area contributed by atoms with Crippen LogP contribution in [0.5, 0.6) is 5.88 Å². The molecule has 0 aromatic carbocycles. The first-order valence-corrected chi connectivity index (χ1v) is 6.43. The van der Waals surface area contributed by atoms with Gasteiger partial charge in [0.1, 0.15) is 18.0 Å². The first-order valence-electron chi connectivity index (χ1n) is 5.66. The number of alkyl halides is 3. The van der Waals surface area contributed by atoms with Gasteiger partial charge in [-0.1, -0.05) is 0 Å². The minimum atomic E-state index is -4.48. The van der Waals surface area contributed by atoms with Crippen molar-refractivity contribution in [2.75, 3.05) is 18.5 Å². The average molecular weight is 304 g/mol. The van der Waals surface area contributed by atoms with Gasteiger partial charge >= 0.3 is 6.18 Å². The summed E-state index contributed by atoms with van der Waals surface area (Å²) < 4.78 is 47.0. The molecule has 0 radical (unpaired) electrons. The van der Waals surface area contributed by atoms with Crippen LogP contribution in [0.3, 0.4) is 0 Å². The highest BCUT2D eigenvalue weighted by molar-refractivity contribution is 7.09. The fraction of sp³-hybridized carbons (Fsp3) is 0.364. The highest BCUT2D eigenvalue weighted by Gasteiger charge is 2.34. The average Bonchev–Trinajstić information content (AvgIpc) is 2.80. The fourth-order valence-corrected chi connectivity index (χ4v) is 2.00. The second kappa shape index (κ2) is 6.04. The van der Waals surface area contributed by atoms with E-state index < -0.39 is 17.6 Å². The van der Waals surface area contributed by atoms with Crippen LogP contribution in [-0.2, 0) is 6.18 Å². The molecule has 108 valence electrons. The van der Waals surface area contributed by atoms with Crippen LogP contribution in [0.4, 0.5) is 18.3 Å². The Morgan fingerprint density at radius 2 is 2.20 bits per heavy atom. The quantitative estimate of drug-likeness (QED) is 0.861. The lowest BCUT2D eigenvalue weighted by Crippen LogP contribution is -2.15. The van der Waals surface area contributed by atoms with Crippen molar-refractivity contribution in [3.8, 4) is 5.88 Å². The highest BCUT2D eigenvalue weighted by Crippen LogP contribution is 2.34. The molecule has 2 aromatic rings. The normalized spacial score (nSPS) is 11.4. The van der Waals surface area contributed by atoms with E-state index in [4.69, 9.17) is 4.74 Å². The second-order valence-corrected chi connectivity index (χ2v) is 4.53. The molecule has 5 nitrogen and oxygen atoms in total. The Hall–Kier alpha value is -1.90. The third-order valence-corrected chi connectivity index (χ3v) is 2.99. The standard InChI is InChI=1S/C11H11F3N4OS/c1-7-17-10(20-18-7)16-5-6-19-9-8(11(12,13)14)3-2-4-15-9/h2-4H,5-6H2,1H3,(H,16,17,18). The van der Waals surface area contributed by atoms with Crippen molar-refractivity contribution in [2.24, 2.45) is 0 Å². The lowest BCUT2D eigenvalue weighted by atomic mass is 10.2. The van der Waals surface area contributed by atoms with Gasteiger partial charge in [-0.3, -0.25) is 0 Å². The van der Waals surface area contributed by atoms with E-state index in [9.17, 15) is 13.2 Å². The summed E-state index contributed by atoms with van der Waals surface area (Å²) in [6.07, 6.45) is -3.22. The number of nitrogens with one attached hydrogen (secondary N) is 1. The monoisotopic (exact) mass is 304 g/mol. The summed E-state index contributed by atoms with van der Waals surface area (Å²) in [5, 5.41) is 3.50. The molecule has 2 aromatic heterocycles. The Balaban J connectivity index is 1.88. The third-order valence-electron chi connectivity index (χ3n) is 2.22. The zero-order valence-corrected chi connectivity index (χ0v) is 11.3. The number of nitrogens with zero attached hydrogens (tertiary/aromatic N) is 3. The molecular formula is C11H11F3N4OS. The molecule has 0 saturated carbocycles. The van der Waals surface area contributed by atoms with Crippen molar-refractivity contribution >= 4 is 16.7 Å². The molecule has 0 spiro atoms. The van der Waals surface area contributed by atoms with Crippen molar-refractivity contribution < 1.29 is 17.9 Å². The summed E-state index contributed by atoms with van der Waals surface area (Å²) in [6, 6.07) is 2.15. The van der Waals surface area contributed by atoms with Crippen LogP contribution in [0.1, 0.15) is 11.4 Å².